The van der Waals surface area contributed by atoms with Crippen molar-refractivity contribution in [3.63, 3.8) is 0 Å². The van der Waals surface area contributed by atoms with Crippen molar-refractivity contribution in [2.24, 2.45) is 0 Å². The van der Waals surface area contributed by atoms with Gasteiger partial charge in [0.15, 0.2) is 0 Å². The first-order chi connectivity index (χ1) is 13.6. The van der Waals surface area contributed by atoms with Crippen molar-refractivity contribution in [3.05, 3.63) is 53.7 Å². The number of halogens is 3. The van der Waals surface area contributed by atoms with Crippen LogP contribution in [0.3, 0.4) is 0 Å². The molecule has 2 rings (SSSR count). The molecule has 0 bridgehead atoms. The van der Waals surface area contributed by atoms with Gasteiger partial charge in [-0.2, -0.15) is 17.9 Å². The Morgan fingerprint density at radius 1 is 1.14 bits per heavy atom. The smallest absolute Gasteiger partial charge is 0.368 e. The summed E-state index contributed by atoms with van der Waals surface area (Å²) < 4.78 is 64.7. The Kier molecular flexibility index (Phi) is 7.19. The maximum atomic E-state index is 12.9. The molecule has 1 heterocycles. The summed E-state index contributed by atoms with van der Waals surface area (Å²) in [5, 5.41) is 5.04. The SMILES string of the molecule is C#CCNS(=O)(=O)c1ccc(C(=O)NCCNc2ncccc2C(F)(F)F)cc1. The van der Waals surface area contributed by atoms with Crippen LogP contribution in [0.25, 0.3) is 0 Å². The number of sulfonamides is 1. The van der Waals surface area contributed by atoms with Crippen LogP contribution in [0.15, 0.2) is 47.5 Å². The van der Waals surface area contributed by atoms with Crippen molar-refractivity contribution < 1.29 is 26.4 Å². The summed E-state index contributed by atoms with van der Waals surface area (Å²) in [4.78, 5) is 15.7. The fourth-order valence-electron chi connectivity index (χ4n) is 2.24. The number of nitrogens with one attached hydrogen (secondary N) is 3. The van der Waals surface area contributed by atoms with Crippen molar-refractivity contribution >= 4 is 21.7 Å². The fraction of sp³-hybridized carbons (Fsp3) is 0.222. The molecule has 0 aliphatic carbocycles. The predicted octanol–water partition coefficient (Wildman–Crippen LogP) is 1.85. The molecule has 11 heteroatoms. The van der Waals surface area contributed by atoms with E-state index in [1.807, 2.05) is 0 Å². The Hall–Kier alpha value is -3.10. The average Bonchev–Trinajstić information content (AvgIpc) is 2.69. The van der Waals surface area contributed by atoms with Crippen molar-refractivity contribution in [1.82, 2.24) is 15.0 Å². The quantitative estimate of drug-likeness (QED) is 0.442. The number of carbonyl (C=O) groups is 1. The molecule has 0 saturated carbocycles. The Morgan fingerprint density at radius 3 is 2.45 bits per heavy atom. The molecule has 29 heavy (non-hydrogen) atoms. The van der Waals surface area contributed by atoms with Crippen LogP contribution in [0.5, 0.6) is 0 Å². The highest BCUT2D eigenvalue weighted by atomic mass is 32.2. The lowest BCUT2D eigenvalue weighted by atomic mass is 10.2. The van der Waals surface area contributed by atoms with Gasteiger partial charge >= 0.3 is 6.18 Å². The second kappa shape index (κ2) is 9.40. The van der Waals surface area contributed by atoms with Gasteiger partial charge in [0.2, 0.25) is 10.0 Å². The van der Waals surface area contributed by atoms with Gasteiger partial charge in [-0.1, -0.05) is 5.92 Å². The minimum absolute atomic E-state index is 0.00824. The molecule has 0 fully saturated rings. The van der Waals surface area contributed by atoms with Gasteiger partial charge in [0.1, 0.15) is 5.82 Å². The van der Waals surface area contributed by atoms with E-state index in [9.17, 15) is 26.4 Å². The Balaban J connectivity index is 1.90. The molecule has 2 aromatic rings. The third-order valence-electron chi connectivity index (χ3n) is 3.61. The number of pyridine rings is 1. The molecule has 1 aromatic heterocycles. The van der Waals surface area contributed by atoms with Gasteiger partial charge in [-0.05, 0) is 36.4 Å². The summed E-state index contributed by atoms with van der Waals surface area (Å²) in [5.74, 6) is 1.31. The monoisotopic (exact) mass is 426 g/mol. The standard InChI is InChI=1S/C18H17F3N4O3S/c1-2-9-25-29(27,28)14-7-5-13(6-8-14)17(26)24-12-11-23-16-15(18(19,20)21)4-3-10-22-16/h1,3-8,10,25H,9,11-12H2,(H,22,23)(H,24,26). The lowest BCUT2D eigenvalue weighted by Crippen LogP contribution is -2.29. The molecule has 7 nitrogen and oxygen atoms in total. The molecular weight excluding hydrogens is 409 g/mol. The number of nitrogens with zero attached hydrogens (tertiary/aromatic N) is 1. The first-order valence-electron chi connectivity index (χ1n) is 8.22. The molecule has 0 unspecified atom stereocenters. The third kappa shape index (κ3) is 6.20. The molecule has 0 saturated heterocycles. The maximum absolute atomic E-state index is 12.9. The van der Waals surface area contributed by atoms with Crippen LogP contribution < -0.4 is 15.4 Å². The Labute approximate surface area is 165 Å². The molecule has 0 aliphatic heterocycles. The summed E-state index contributed by atoms with van der Waals surface area (Å²) >= 11 is 0. The van der Waals surface area contributed by atoms with Crippen LogP contribution in [-0.2, 0) is 16.2 Å². The van der Waals surface area contributed by atoms with Gasteiger partial charge in [0.25, 0.3) is 5.91 Å². The maximum Gasteiger partial charge on any atom is 0.419 e. The topological polar surface area (TPSA) is 100 Å². The van der Waals surface area contributed by atoms with E-state index in [4.69, 9.17) is 6.42 Å². The fourth-order valence-corrected chi connectivity index (χ4v) is 3.17. The summed E-state index contributed by atoms with van der Waals surface area (Å²) in [7, 11) is -3.77. The molecule has 0 spiro atoms. The van der Waals surface area contributed by atoms with E-state index >= 15 is 0 Å². The van der Waals surface area contributed by atoms with Crippen LogP contribution in [0.2, 0.25) is 0 Å². The summed E-state index contributed by atoms with van der Waals surface area (Å²) in [6.07, 6.45) is 1.69. The summed E-state index contributed by atoms with van der Waals surface area (Å²) in [6, 6.07) is 7.20. The predicted molar refractivity (Wildman–Crippen MR) is 101 cm³/mol. The number of terminal acetylenes is 1. The van der Waals surface area contributed by atoms with Crippen molar-refractivity contribution in [2.45, 2.75) is 11.1 Å². The van der Waals surface area contributed by atoms with Crippen LogP contribution in [0.4, 0.5) is 19.0 Å². The van der Waals surface area contributed by atoms with Gasteiger partial charge in [-0.15, -0.1) is 6.42 Å². The first kappa shape index (κ1) is 22.2. The molecule has 0 atom stereocenters. The van der Waals surface area contributed by atoms with Crippen LogP contribution in [0.1, 0.15) is 15.9 Å². The first-order valence-corrected chi connectivity index (χ1v) is 9.71. The second-order valence-corrected chi connectivity index (χ2v) is 7.40. The zero-order chi connectivity index (χ0) is 21.5. The van der Waals surface area contributed by atoms with Gasteiger partial charge < -0.3 is 10.6 Å². The van der Waals surface area contributed by atoms with Crippen LogP contribution in [-0.4, -0.2) is 38.9 Å². The normalized spacial score (nSPS) is 11.5. The van der Waals surface area contributed by atoms with Crippen LogP contribution in [0, 0.1) is 12.3 Å². The van der Waals surface area contributed by atoms with E-state index in [0.717, 1.165) is 6.07 Å². The summed E-state index contributed by atoms with van der Waals surface area (Å²) in [6.45, 7) is -0.130. The molecule has 1 amide bonds. The van der Waals surface area contributed by atoms with Gasteiger partial charge in [0, 0.05) is 24.8 Å². The lowest BCUT2D eigenvalue weighted by Gasteiger charge is -2.13. The molecule has 1 aromatic carbocycles. The number of rotatable bonds is 8. The van der Waals surface area contributed by atoms with Crippen LogP contribution >= 0.6 is 0 Å². The highest BCUT2D eigenvalue weighted by Gasteiger charge is 2.33. The number of alkyl halides is 3. The van der Waals surface area contributed by atoms with E-state index < -0.39 is 27.7 Å². The molecule has 0 aliphatic rings. The average molecular weight is 426 g/mol. The van der Waals surface area contributed by atoms with E-state index in [2.05, 4.69) is 26.3 Å². The van der Waals surface area contributed by atoms with E-state index in [1.165, 1.54) is 36.5 Å². The van der Waals surface area contributed by atoms with Gasteiger partial charge in [-0.3, -0.25) is 4.79 Å². The number of hydrogen-bond donors (Lipinski definition) is 3. The molecular formula is C18H17F3N4O3S. The van der Waals surface area contributed by atoms with E-state index in [-0.39, 0.29) is 35.9 Å². The molecule has 154 valence electrons. The number of benzene rings is 1. The number of amides is 1. The molecule has 0 radical (unpaired) electrons. The molecule has 3 N–H and O–H groups in total. The number of carbonyl (C=O) groups excluding carboxylic acids is 1. The van der Waals surface area contributed by atoms with Gasteiger partial charge in [-0.25, -0.2) is 13.4 Å². The number of aromatic nitrogens is 1. The van der Waals surface area contributed by atoms with E-state index in [1.54, 1.807) is 0 Å². The van der Waals surface area contributed by atoms with Crippen molar-refractivity contribution in [1.29, 1.82) is 0 Å². The Morgan fingerprint density at radius 2 is 1.83 bits per heavy atom. The second-order valence-electron chi connectivity index (χ2n) is 5.63. The zero-order valence-electron chi connectivity index (χ0n) is 15.0. The minimum atomic E-state index is -4.54. The lowest BCUT2D eigenvalue weighted by molar-refractivity contribution is -0.137. The number of anilines is 1. The van der Waals surface area contributed by atoms with E-state index in [0.29, 0.717) is 0 Å². The van der Waals surface area contributed by atoms with Crippen molar-refractivity contribution in [2.75, 3.05) is 25.0 Å². The largest absolute Gasteiger partial charge is 0.419 e. The Bertz CT molecular complexity index is 1000. The third-order valence-corrected chi connectivity index (χ3v) is 5.02. The summed E-state index contributed by atoms with van der Waals surface area (Å²) in [5.41, 5.74) is -0.712. The van der Waals surface area contributed by atoms with Gasteiger partial charge in [0.05, 0.1) is 17.0 Å². The zero-order valence-corrected chi connectivity index (χ0v) is 15.8. The van der Waals surface area contributed by atoms with Crippen molar-refractivity contribution in [3.8, 4) is 12.3 Å². The highest BCUT2D eigenvalue weighted by Crippen LogP contribution is 2.33. The number of hydrogen-bond acceptors (Lipinski definition) is 5. The minimum Gasteiger partial charge on any atom is -0.368 e. The highest BCUT2D eigenvalue weighted by molar-refractivity contribution is 7.89.